The van der Waals surface area contributed by atoms with E-state index in [4.69, 9.17) is 0 Å². The van der Waals surface area contributed by atoms with E-state index in [0.717, 1.165) is 24.2 Å². The van der Waals surface area contributed by atoms with Crippen LogP contribution in [-0.2, 0) is 0 Å². The zero-order valence-corrected chi connectivity index (χ0v) is 12.5. The molecule has 0 saturated carbocycles. The van der Waals surface area contributed by atoms with Gasteiger partial charge in [-0.15, -0.1) is 0 Å². The second-order valence-corrected chi connectivity index (χ2v) is 6.36. The van der Waals surface area contributed by atoms with Crippen molar-refractivity contribution in [3.8, 4) is 0 Å². The van der Waals surface area contributed by atoms with Crippen molar-refractivity contribution < 1.29 is 4.79 Å². The zero-order chi connectivity index (χ0) is 13.5. The molecule has 2 N–H and O–H groups in total. The Balaban J connectivity index is 2.09. The second-order valence-electron chi connectivity index (χ2n) is 5.07. The molecule has 1 aliphatic rings. The van der Waals surface area contributed by atoms with E-state index in [1.165, 1.54) is 11.3 Å². The van der Waals surface area contributed by atoms with Gasteiger partial charge in [0, 0.05) is 32.4 Å². The number of hydrogen-bond acceptors (Lipinski definition) is 4. The molecule has 1 atom stereocenters. The molecule has 5 nitrogen and oxygen atoms in total. The van der Waals surface area contributed by atoms with E-state index in [9.17, 15) is 4.79 Å². The molecule has 1 aliphatic heterocycles. The van der Waals surface area contributed by atoms with Crippen LogP contribution in [0.2, 0.25) is 0 Å². The van der Waals surface area contributed by atoms with Crippen LogP contribution in [0, 0.1) is 5.92 Å². The molecule has 0 aromatic heterocycles. The number of thioether (sulfide) groups is 1. The number of carbonyl (C=O) groups is 1. The van der Waals surface area contributed by atoms with Crippen molar-refractivity contribution in [2.75, 3.05) is 33.7 Å². The van der Waals surface area contributed by atoms with E-state index < -0.39 is 0 Å². The Morgan fingerprint density at radius 1 is 1.50 bits per heavy atom. The normalized spacial score (nSPS) is 18.7. The summed E-state index contributed by atoms with van der Waals surface area (Å²) >= 11 is 1.82. The van der Waals surface area contributed by atoms with E-state index in [0.29, 0.717) is 11.8 Å². The van der Waals surface area contributed by atoms with Crippen molar-refractivity contribution in [1.82, 2.24) is 15.5 Å². The summed E-state index contributed by atoms with van der Waals surface area (Å²) in [5.74, 6) is 0.719. The third kappa shape index (κ3) is 5.62. The van der Waals surface area contributed by atoms with E-state index in [1.807, 2.05) is 11.8 Å². The number of amides is 2. The Morgan fingerprint density at radius 3 is 2.83 bits per heavy atom. The van der Waals surface area contributed by atoms with Gasteiger partial charge in [0.25, 0.3) is 0 Å². The minimum Gasteiger partial charge on any atom is -0.363 e. The van der Waals surface area contributed by atoms with Crippen LogP contribution in [0.25, 0.3) is 0 Å². The van der Waals surface area contributed by atoms with Crippen molar-refractivity contribution in [2.45, 2.75) is 25.5 Å². The van der Waals surface area contributed by atoms with Gasteiger partial charge in [0.2, 0.25) is 0 Å². The summed E-state index contributed by atoms with van der Waals surface area (Å²) < 4.78 is 0. The number of rotatable bonds is 5. The average Bonchev–Trinajstić information content (AvgIpc) is 2.70. The summed E-state index contributed by atoms with van der Waals surface area (Å²) in [4.78, 5) is 17.3. The lowest BCUT2D eigenvalue weighted by molar-refractivity contribution is 0.217. The van der Waals surface area contributed by atoms with E-state index in [2.05, 4.69) is 29.5 Å². The summed E-state index contributed by atoms with van der Waals surface area (Å²) in [6.07, 6.45) is 1.21. The number of hydrogen-bond donors (Lipinski definition) is 2. The molecule has 1 unspecified atom stereocenters. The van der Waals surface area contributed by atoms with Gasteiger partial charge in [-0.2, -0.15) is 0 Å². The fraction of sp³-hybridized carbons (Fsp3) is 0.833. The van der Waals surface area contributed by atoms with Crippen LogP contribution >= 0.6 is 11.8 Å². The number of nitrogens with zero attached hydrogens (tertiary/aromatic N) is 2. The maximum absolute atomic E-state index is 11.3. The molecular weight excluding hydrogens is 248 g/mol. The van der Waals surface area contributed by atoms with Gasteiger partial charge in [0.05, 0.1) is 6.54 Å². The van der Waals surface area contributed by atoms with Gasteiger partial charge in [-0.1, -0.05) is 25.6 Å². The minimum absolute atomic E-state index is 0.0597. The zero-order valence-electron chi connectivity index (χ0n) is 11.7. The van der Waals surface area contributed by atoms with Gasteiger partial charge in [-0.25, -0.2) is 4.79 Å². The predicted molar refractivity (Wildman–Crippen MR) is 78.2 cm³/mol. The van der Waals surface area contributed by atoms with Gasteiger partial charge in [0.15, 0.2) is 5.17 Å². The van der Waals surface area contributed by atoms with Crippen LogP contribution in [0.4, 0.5) is 4.79 Å². The molecule has 104 valence electrons. The third-order valence-electron chi connectivity index (χ3n) is 2.53. The van der Waals surface area contributed by atoms with Crippen LogP contribution in [0.3, 0.4) is 0 Å². The Hall–Kier alpha value is -0.910. The first-order valence-corrected chi connectivity index (χ1v) is 7.27. The molecule has 2 amide bonds. The van der Waals surface area contributed by atoms with E-state index in [1.54, 1.807) is 14.1 Å². The fourth-order valence-electron chi connectivity index (χ4n) is 1.66. The van der Waals surface area contributed by atoms with Crippen LogP contribution in [0.5, 0.6) is 0 Å². The van der Waals surface area contributed by atoms with Crippen molar-refractivity contribution in [3.63, 3.8) is 0 Å². The van der Waals surface area contributed by atoms with Crippen LogP contribution in [-0.4, -0.2) is 55.1 Å². The second kappa shape index (κ2) is 7.51. The molecule has 0 fully saturated rings. The average molecular weight is 272 g/mol. The highest BCUT2D eigenvalue weighted by Gasteiger charge is 2.19. The van der Waals surface area contributed by atoms with Gasteiger partial charge >= 0.3 is 6.03 Å². The van der Waals surface area contributed by atoms with Gasteiger partial charge in [-0.3, -0.25) is 4.99 Å². The molecule has 1 heterocycles. The van der Waals surface area contributed by atoms with Crippen LogP contribution in [0.15, 0.2) is 4.99 Å². The Morgan fingerprint density at radius 2 is 2.22 bits per heavy atom. The lowest BCUT2D eigenvalue weighted by Crippen LogP contribution is -2.39. The van der Waals surface area contributed by atoms with Crippen LogP contribution < -0.4 is 10.6 Å². The summed E-state index contributed by atoms with van der Waals surface area (Å²) in [6.45, 7) is 6.73. The highest BCUT2D eigenvalue weighted by molar-refractivity contribution is 8.14. The molecular formula is C12H24N4OS. The SMILES string of the molecule is CC(C)CC1CN=C(NCCNC(=O)N(C)C)S1. The molecule has 6 heteroatoms. The van der Waals surface area contributed by atoms with Crippen LogP contribution in [0.1, 0.15) is 20.3 Å². The van der Waals surface area contributed by atoms with Gasteiger partial charge in [0.1, 0.15) is 0 Å². The number of nitrogens with one attached hydrogen (secondary N) is 2. The summed E-state index contributed by atoms with van der Waals surface area (Å²) in [5, 5.41) is 7.70. The summed E-state index contributed by atoms with van der Waals surface area (Å²) in [6, 6.07) is -0.0597. The standard InChI is InChI=1S/C12H24N4OS/c1-9(2)7-10-8-15-11(18-10)13-5-6-14-12(17)16(3)4/h9-10H,5-8H2,1-4H3,(H,13,15)(H,14,17). The molecule has 0 spiro atoms. The maximum Gasteiger partial charge on any atom is 0.316 e. The topological polar surface area (TPSA) is 56.7 Å². The minimum atomic E-state index is -0.0597. The lowest BCUT2D eigenvalue weighted by atomic mass is 10.1. The monoisotopic (exact) mass is 272 g/mol. The lowest BCUT2D eigenvalue weighted by Gasteiger charge is -2.13. The molecule has 0 aliphatic carbocycles. The number of aliphatic imine (C=N–C) groups is 1. The van der Waals surface area contributed by atoms with E-state index >= 15 is 0 Å². The first kappa shape index (κ1) is 15.1. The molecule has 0 bridgehead atoms. The third-order valence-corrected chi connectivity index (χ3v) is 3.71. The highest BCUT2D eigenvalue weighted by Crippen LogP contribution is 2.25. The van der Waals surface area contributed by atoms with Crippen molar-refractivity contribution in [2.24, 2.45) is 10.9 Å². The summed E-state index contributed by atoms with van der Waals surface area (Å²) in [5.41, 5.74) is 0. The molecule has 0 aromatic rings. The fourth-order valence-corrected chi connectivity index (χ4v) is 2.94. The molecule has 0 saturated heterocycles. The Labute approximate surface area is 114 Å². The van der Waals surface area contributed by atoms with Gasteiger partial charge < -0.3 is 15.5 Å². The maximum atomic E-state index is 11.3. The van der Waals surface area contributed by atoms with Gasteiger partial charge in [-0.05, 0) is 12.3 Å². The van der Waals surface area contributed by atoms with Crippen molar-refractivity contribution in [1.29, 1.82) is 0 Å². The Bertz CT molecular complexity index is 304. The smallest absolute Gasteiger partial charge is 0.316 e. The molecule has 18 heavy (non-hydrogen) atoms. The summed E-state index contributed by atoms with van der Waals surface area (Å²) in [7, 11) is 3.46. The number of urea groups is 1. The van der Waals surface area contributed by atoms with Crippen molar-refractivity contribution in [3.05, 3.63) is 0 Å². The highest BCUT2D eigenvalue weighted by atomic mass is 32.2. The number of amidine groups is 1. The first-order valence-electron chi connectivity index (χ1n) is 6.39. The largest absolute Gasteiger partial charge is 0.363 e. The molecule has 0 radical (unpaired) electrons. The molecule has 0 aromatic carbocycles. The first-order chi connectivity index (χ1) is 8.49. The Kier molecular flexibility index (Phi) is 6.32. The van der Waals surface area contributed by atoms with Crippen molar-refractivity contribution >= 4 is 23.0 Å². The quantitative estimate of drug-likeness (QED) is 0.743. The number of carbonyl (C=O) groups excluding carboxylic acids is 1. The predicted octanol–water partition coefficient (Wildman–Crippen LogP) is 1.36. The van der Waals surface area contributed by atoms with E-state index in [-0.39, 0.29) is 6.03 Å². The molecule has 1 rings (SSSR count).